The molecule has 4 heteroatoms. The van der Waals surface area contributed by atoms with E-state index in [1.165, 1.54) is 6.42 Å². The fourth-order valence-electron chi connectivity index (χ4n) is 3.07. The van der Waals surface area contributed by atoms with E-state index >= 15 is 0 Å². The van der Waals surface area contributed by atoms with Gasteiger partial charge in [0.2, 0.25) is 0 Å². The molecule has 2 unspecified atom stereocenters. The summed E-state index contributed by atoms with van der Waals surface area (Å²) in [4.78, 5) is 0. The fraction of sp³-hybridized carbons (Fsp3) is 0.647. The van der Waals surface area contributed by atoms with E-state index in [9.17, 15) is 0 Å². The van der Waals surface area contributed by atoms with Crippen molar-refractivity contribution in [3.05, 3.63) is 23.8 Å². The minimum Gasteiger partial charge on any atom is -0.497 e. The predicted octanol–water partition coefficient (Wildman–Crippen LogP) is 3.31. The minimum atomic E-state index is -0.189. The molecule has 1 fully saturated rings. The van der Waals surface area contributed by atoms with Gasteiger partial charge in [0.15, 0.2) is 0 Å². The van der Waals surface area contributed by atoms with Gasteiger partial charge in [0.25, 0.3) is 0 Å². The molecule has 0 radical (unpaired) electrons. The zero-order valence-corrected chi connectivity index (χ0v) is 13.6. The second kappa shape index (κ2) is 7.14. The van der Waals surface area contributed by atoms with Crippen molar-refractivity contribution < 1.29 is 14.2 Å². The summed E-state index contributed by atoms with van der Waals surface area (Å²) in [5.41, 5.74) is 0.962. The van der Waals surface area contributed by atoms with Crippen LogP contribution in [0.5, 0.6) is 11.5 Å². The molecule has 1 saturated heterocycles. The van der Waals surface area contributed by atoms with Crippen molar-refractivity contribution in [2.24, 2.45) is 0 Å². The van der Waals surface area contributed by atoms with Crippen LogP contribution in [0.25, 0.3) is 0 Å². The summed E-state index contributed by atoms with van der Waals surface area (Å²) in [6, 6.07) is 6.17. The van der Waals surface area contributed by atoms with Gasteiger partial charge in [0.05, 0.1) is 25.9 Å². The average Bonchev–Trinajstić information content (AvgIpc) is 2.52. The van der Waals surface area contributed by atoms with E-state index in [4.69, 9.17) is 14.2 Å². The van der Waals surface area contributed by atoms with Crippen molar-refractivity contribution in [1.29, 1.82) is 0 Å². The lowest BCUT2D eigenvalue weighted by Crippen LogP contribution is -2.45. The van der Waals surface area contributed by atoms with Gasteiger partial charge >= 0.3 is 0 Å². The molecule has 1 aromatic carbocycles. The van der Waals surface area contributed by atoms with Gasteiger partial charge in [-0.1, -0.05) is 6.92 Å². The zero-order chi connectivity index (χ0) is 15.3. The molecule has 0 amide bonds. The summed E-state index contributed by atoms with van der Waals surface area (Å²) in [7, 11) is 3.36. The third-order valence-electron chi connectivity index (χ3n) is 4.23. The van der Waals surface area contributed by atoms with Crippen LogP contribution in [0.1, 0.15) is 44.7 Å². The number of hydrogen-bond donors (Lipinski definition) is 1. The monoisotopic (exact) mass is 293 g/mol. The summed E-state index contributed by atoms with van der Waals surface area (Å²) >= 11 is 0. The quantitative estimate of drug-likeness (QED) is 0.873. The Morgan fingerprint density at radius 1 is 1.19 bits per heavy atom. The Kier molecular flexibility index (Phi) is 5.48. The highest BCUT2D eigenvalue weighted by molar-refractivity contribution is 5.40. The Balaban J connectivity index is 2.36. The van der Waals surface area contributed by atoms with Crippen molar-refractivity contribution in [2.45, 2.75) is 44.8 Å². The van der Waals surface area contributed by atoms with Crippen LogP contribution in [0.3, 0.4) is 0 Å². The first-order chi connectivity index (χ1) is 10.1. The highest BCUT2D eigenvalue weighted by Crippen LogP contribution is 2.38. The summed E-state index contributed by atoms with van der Waals surface area (Å²) < 4.78 is 16.9. The molecule has 21 heavy (non-hydrogen) atoms. The van der Waals surface area contributed by atoms with E-state index in [2.05, 4.69) is 31.3 Å². The van der Waals surface area contributed by atoms with E-state index in [1.54, 1.807) is 14.2 Å². The van der Waals surface area contributed by atoms with Gasteiger partial charge in [0, 0.05) is 12.7 Å². The first kappa shape index (κ1) is 16.1. The number of rotatable bonds is 6. The second-order valence-corrected chi connectivity index (χ2v) is 5.75. The molecule has 0 aromatic heterocycles. The van der Waals surface area contributed by atoms with Gasteiger partial charge in [-0.2, -0.15) is 0 Å². The van der Waals surface area contributed by atoms with Crippen LogP contribution in [0, 0.1) is 0 Å². The number of benzene rings is 1. The summed E-state index contributed by atoms with van der Waals surface area (Å²) in [5, 5.41) is 3.58. The van der Waals surface area contributed by atoms with Crippen LogP contribution >= 0.6 is 0 Å². The molecule has 2 rings (SSSR count). The normalized spacial score (nSPS) is 23.6. The summed E-state index contributed by atoms with van der Waals surface area (Å²) in [5.74, 6) is 1.62. The SMILES string of the molecule is CCNC(c1cc(OC)cc(OC)c1)C1(C)CCCCO1. The van der Waals surface area contributed by atoms with E-state index < -0.39 is 0 Å². The molecule has 118 valence electrons. The number of hydrogen-bond acceptors (Lipinski definition) is 4. The highest BCUT2D eigenvalue weighted by atomic mass is 16.5. The highest BCUT2D eigenvalue weighted by Gasteiger charge is 2.37. The number of nitrogens with one attached hydrogen (secondary N) is 1. The predicted molar refractivity (Wildman–Crippen MR) is 84.2 cm³/mol. The largest absolute Gasteiger partial charge is 0.497 e. The molecule has 4 nitrogen and oxygen atoms in total. The van der Waals surface area contributed by atoms with Crippen molar-refractivity contribution in [3.8, 4) is 11.5 Å². The Labute approximate surface area is 127 Å². The Hall–Kier alpha value is -1.26. The van der Waals surface area contributed by atoms with Gasteiger partial charge in [-0.15, -0.1) is 0 Å². The maximum Gasteiger partial charge on any atom is 0.122 e. The Morgan fingerprint density at radius 3 is 2.33 bits per heavy atom. The van der Waals surface area contributed by atoms with Gasteiger partial charge in [-0.3, -0.25) is 0 Å². The minimum absolute atomic E-state index is 0.131. The molecule has 0 bridgehead atoms. The fourth-order valence-corrected chi connectivity index (χ4v) is 3.07. The molecular weight excluding hydrogens is 266 g/mol. The molecule has 1 heterocycles. The molecular formula is C17H27NO3. The van der Waals surface area contributed by atoms with Crippen LogP contribution in [0.2, 0.25) is 0 Å². The first-order valence-electron chi connectivity index (χ1n) is 7.73. The van der Waals surface area contributed by atoms with Gasteiger partial charge in [-0.05, 0) is 50.4 Å². The second-order valence-electron chi connectivity index (χ2n) is 5.75. The summed E-state index contributed by atoms with van der Waals surface area (Å²) in [6.45, 7) is 6.05. The molecule has 1 N–H and O–H groups in total. The molecule has 2 atom stereocenters. The van der Waals surface area contributed by atoms with Crippen molar-refractivity contribution in [2.75, 3.05) is 27.4 Å². The maximum absolute atomic E-state index is 6.14. The van der Waals surface area contributed by atoms with Crippen LogP contribution < -0.4 is 14.8 Å². The van der Waals surface area contributed by atoms with Crippen LogP contribution in [0.4, 0.5) is 0 Å². The van der Waals surface area contributed by atoms with Crippen LogP contribution in [-0.2, 0) is 4.74 Å². The van der Waals surface area contributed by atoms with Crippen molar-refractivity contribution in [3.63, 3.8) is 0 Å². The standard InChI is InChI=1S/C17H27NO3/c1-5-18-16(17(2)8-6-7-9-21-17)13-10-14(19-3)12-15(11-13)20-4/h10-12,16,18H,5-9H2,1-4H3. The number of ether oxygens (including phenoxy) is 3. The maximum atomic E-state index is 6.14. The first-order valence-corrected chi connectivity index (χ1v) is 7.73. The lowest BCUT2D eigenvalue weighted by atomic mass is 9.84. The van der Waals surface area contributed by atoms with Crippen LogP contribution in [-0.4, -0.2) is 33.0 Å². The average molecular weight is 293 g/mol. The number of methoxy groups -OCH3 is 2. The van der Waals surface area contributed by atoms with E-state index in [-0.39, 0.29) is 11.6 Å². The smallest absolute Gasteiger partial charge is 0.122 e. The van der Waals surface area contributed by atoms with Gasteiger partial charge in [0.1, 0.15) is 11.5 Å². The van der Waals surface area contributed by atoms with Gasteiger partial charge in [-0.25, -0.2) is 0 Å². The topological polar surface area (TPSA) is 39.7 Å². The molecule has 1 aromatic rings. The van der Waals surface area contributed by atoms with E-state index in [0.29, 0.717) is 0 Å². The molecule has 1 aliphatic heterocycles. The summed E-state index contributed by atoms with van der Waals surface area (Å²) in [6.07, 6.45) is 3.42. The third-order valence-corrected chi connectivity index (χ3v) is 4.23. The van der Waals surface area contributed by atoms with E-state index in [0.717, 1.165) is 43.1 Å². The van der Waals surface area contributed by atoms with Crippen molar-refractivity contribution in [1.82, 2.24) is 5.32 Å². The molecule has 0 aliphatic carbocycles. The van der Waals surface area contributed by atoms with Crippen LogP contribution in [0.15, 0.2) is 18.2 Å². The third kappa shape index (κ3) is 3.69. The molecule has 0 spiro atoms. The van der Waals surface area contributed by atoms with Crippen molar-refractivity contribution >= 4 is 0 Å². The van der Waals surface area contributed by atoms with E-state index in [1.807, 2.05) is 6.07 Å². The Bertz CT molecular complexity index is 433. The molecule has 1 aliphatic rings. The lowest BCUT2D eigenvalue weighted by Gasteiger charge is -2.41. The van der Waals surface area contributed by atoms with Gasteiger partial charge < -0.3 is 19.5 Å². The zero-order valence-electron chi connectivity index (χ0n) is 13.6. The molecule has 0 saturated carbocycles. The number of likely N-dealkylation sites (N-methyl/N-ethyl adjacent to an activating group) is 1. The lowest BCUT2D eigenvalue weighted by molar-refractivity contribution is -0.0895. The Morgan fingerprint density at radius 2 is 1.86 bits per heavy atom.